The summed E-state index contributed by atoms with van der Waals surface area (Å²) in [4.78, 5) is 0. The maximum absolute atomic E-state index is 6.33. The molecule has 1 atom stereocenters. The average Bonchev–Trinajstić information content (AvgIpc) is 2.74. The third kappa shape index (κ3) is 2.60. The second-order valence-electron chi connectivity index (χ2n) is 4.01. The Morgan fingerprint density at radius 3 is 2.78 bits per heavy atom. The Bertz CT molecular complexity index is 519. The van der Waals surface area contributed by atoms with E-state index in [1.54, 1.807) is 6.20 Å². The van der Waals surface area contributed by atoms with Crippen molar-refractivity contribution in [2.24, 2.45) is 7.05 Å². The van der Waals surface area contributed by atoms with Crippen molar-refractivity contribution in [3.05, 3.63) is 51.2 Å². The van der Waals surface area contributed by atoms with Crippen LogP contribution in [0.5, 0.6) is 0 Å². The topological polar surface area (TPSA) is 29.9 Å². The molecule has 0 saturated carbocycles. The second kappa shape index (κ2) is 5.87. The van der Waals surface area contributed by atoms with E-state index in [1.165, 1.54) is 0 Å². The summed E-state index contributed by atoms with van der Waals surface area (Å²) in [5.41, 5.74) is 2.13. The zero-order valence-corrected chi connectivity index (χ0v) is 12.7. The molecule has 0 amide bonds. The zero-order chi connectivity index (χ0) is 13.1. The molecule has 1 N–H and O–H groups in total. The standard InChI is InChI=1S/C13H15BrClN3/c1-3-16-13(11-7-8-17-18(11)2)12-9(14)5-4-6-10(12)15/h4-8,13,16H,3H2,1-2H3. The van der Waals surface area contributed by atoms with Crippen molar-refractivity contribution in [2.45, 2.75) is 13.0 Å². The lowest BCUT2D eigenvalue weighted by Gasteiger charge is -2.21. The number of rotatable bonds is 4. The molecule has 0 aliphatic heterocycles. The lowest BCUT2D eigenvalue weighted by molar-refractivity contribution is 0.571. The van der Waals surface area contributed by atoms with Crippen LogP contribution in [-0.4, -0.2) is 16.3 Å². The molecule has 3 nitrogen and oxygen atoms in total. The Morgan fingerprint density at radius 2 is 2.22 bits per heavy atom. The number of halogens is 2. The van der Waals surface area contributed by atoms with Gasteiger partial charge in [-0.15, -0.1) is 0 Å². The van der Waals surface area contributed by atoms with Crippen LogP contribution in [-0.2, 0) is 7.05 Å². The van der Waals surface area contributed by atoms with Crippen LogP contribution in [0, 0.1) is 0 Å². The monoisotopic (exact) mass is 327 g/mol. The average molecular weight is 329 g/mol. The van der Waals surface area contributed by atoms with Crippen LogP contribution in [0.2, 0.25) is 5.02 Å². The van der Waals surface area contributed by atoms with Gasteiger partial charge >= 0.3 is 0 Å². The Hall–Kier alpha value is -0.840. The van der Waals surface area contributed by atoms with Gasteiger partial charge in [0.25, 0.3) is 0 Å². The van der Waals surface area contributed by atoms with Gasteiger partial charge in [0.1, 0.15) is 0 Å². The van der Waals surface area contributed by atoms with Gasteiger partial charge in [0.2, 0.25) is 0 Å². The van der Waals surface area contributed by atoms with Gasteiger partial charge in [-0.2, -0.15) is 5.10 Å². The smallest absolute Gasteiger partial charge is 0.0773 e. The van der Waals surface area contributed by atoms with E-state index in [1.807, 2.05) is 36.0 Å². The van der Waals surface area contributed by atoms with Gasteiger partial charge in [0, 0.05) is 28.3 Å². The minimum absolute atomic E-state index is 0.0329. The summed E-state index contributed by atoms with van der Waals surface area (Å²) < 4.78 is 2.87. The van der Waals surface area contributed by atoms with Crippen molar-refractivity contribution >= 4 is 27.5 Å². The van der Waals surface area contributed by atoms with Gasteiger partial charge in [-0.25, -0.2) is 0 Å². The molecule has 0 saturated heterocycles. The molecule has 1 unspecified atom stereocenters. The van der Waals surface area contributed by atoms with E-state index in [4.69, 9.17) is 11.6 Å². The molecule has 1 aromatic heterocycles. The van der Waals surface area contributed by atoms with Crippen LogP contribution in [0.4, 0.5) is 0 Å². The van der Waals surface area contributed by atoms with Gasteiger partial charge in [-0.3, -0.25) is 4.68 Å². The molecule has 0 aliphatic rings. The van der Waals surface area contributed by atoms with Gasteiger partial charge in [0.05, 0.1) is 11.7 Å². The molecular formula is C13H15BrClN3. The van der Waals surface area contributed by atoms with Crippen molar-refractivity contribution in [1.29, 1.82) is 0 Å². The van der Waals surface area contributed by atoms with Crippen molar-refractivity contribution < 1.29 is 0 Å². The van der Waals surface area contributed by atoms with Crippen LogP contribution >= 0.6 is 27.5 Å². The highest BCUT2D eigenvalue weighted by Gasteiger charge is 2.21. The largest absolute Gasteiger partial charge is 0.305 e. The first-order valence-corrected chi connectivity index (χ1v) is 6.97. The zero-order valence-electron chi connectivity index (χ0n) is 10.3. The Kier molecular flexibility index (Phi) is 4.43. The molecule has 96 valence electrons. The Labute approximate surface area is 120 Å². The molecule has 5 heteroatoms. The fraction of sp³-hybridized carbons (Fsp3) is 0.308. The molecule has 2 rings (SSSR count). The first-order valence-electron chi connectivity index (χ1n) is 5.80. The summed E-state index contributed by atoms with van der Waals surface area (Å²) in [6.45, 7) is 2.93. The van der Waals surface area contributed by atoms with E-state index < -0.39 is 0 Å². The first kappa shape index (κ1) is 13.6. The maximum atomic E-state index is 6.33. The lowest BCUT2D eigenvalue weighted by atomic mass is 10.0. The third-order valence-electron chi connectivity index (χ3n) is 2.85. The molecule has 2 aromatic rings. The SMILES string of the molecule is CCNC(c1c(Cl)cccc1Br)c1ccnn1C. The first-order chi connectivity index (χ1) is 8.65. The van der Waals surface area contributed by atoms with Crippen LogP contribution < -0.4 is 5.32 Å². The van der Waals surface area contributed by atoms with E-state index in [9.17, 15) is 0 Å². The van der Waals surface area contributed by atoms with Crippen molar-refractivity contribution in [2.75, 3.05) is 6.54 Å². The van der Waals surface area contributed by atoms with Gasteiger partial charge < -0.3 is 5.32 Å². The van der Waals surface area contributed by atoms with E-state index in [2.05, 4.69) is 33.3 Å². The highest BCUT2D eigenvalue weighted by Crippen LogP contribution is 2.33. The number of nitrogens with zero attached hydrogens (tertiary/aromatic N) is 2. The summed E-state index contributed by atoms with van der Waals surface area (Å²) in [5, 5.41) is 8.42. The molecule has 1 heterocycles. The van der Waals surface area contributed by atoms with Crippen molar-refractivity contribution in [1.82, 2.24) is 15.1 Å². The van der Waals surface area contributed by atoms with Crippen LogP contribution in [0.1, 0.15) is 24.2 Å². The quantitative estimate of drug-likeness (QED) is 0.930. The minimum Gasteiger partial charge on any atom is -0.305 e. The molecule has 0 fully saturated rings. The predicted octanol–water partition coefficient (Wildman–Crippen LogP) is 3.53. The Morgan fingerprint density at radius 1 is 1.44 bits per heavy atom. The molecule has 1 aromatic carbocycles. The summed E-state index contributed by atoms with van der Waals surface area (Å²) in [7, 11) is 1.93. The molecule has 0 spiro atoms. The summed E-state index contributed by atoms with van der Waals surface area (Å²) in [6.07, 6.45) is 1.80. The van der Waals surface area contributed by atoms with E-state index in [0.29, 0.717) is 0 Å². The van der Waals surface area contributed by atoms with E-state index >= 15 is 0 Å². The molecule has 18 heavy (non-hydrogen) atoms. The normalized spacial score (nSPS) is 12.7. The molecular weight excluding hydrogens is 314 g/mol. The van der Waals surface area contributed by atoms with Crippen LogP contribution in [0.25, 0.3) is 0 Å². The molecule has 0 bridgehead atoms. The summed E-state index contributed by atoms with van der Waals surface area (Å²) in [6, 6.07) is 7.88. The minimum atomic E-state index is 0.0329. The highest BCUT2D eigenvalue weighted by atomic mass is 79.9. The predicted molar refractivity (Wildman–Crippen MR) is 77.9 cm³/mol. The van der Waals surface area contributed by atoms with Gasteiger partial charge in [-0.1, -0.05) is 40.5 Å². The lowest BCUT2D eigenvalue weighted by Crippen LogP contribution is -2.25. The fourth-order valence-corrected chi connectivity index (χ4v) is 3.01. The number of aromatic nitrogens is 2. The summed E-state index contributed by atoms with van der Waals surface area (Å²) in [5.74, 6) is 0. The number of hydrogen-bond donors (Lipinski definition) is 1. The van der Waals surface area contributed by atoms with Crippen LogP contribution in [0.15, 0.2) is 34.9 Å². The molecule has 0 radical (unpaired) electrons. The highest BCUT2D eigenvalue weighted by molar-refractivity contribution is 9.10. The van der Waals surface area contributed by atoms with E-state index in [-0.39, 0.29) is 6.04 Å². The number of aryl methyl sites for hydroxylation is 1. The Balaban J connectivity index is 2.52. The van der Waals surface area contributed by atoms with Crippen molar-refractivity contribution in [3.8, 4) is 0 Å². The van der Waals surface area contributed by atoms with Crippen molar-refractivity contribution in [3.63, 3.8) is 0 Å². The van der Waals surface area contributed by atoms with Gasteiger partial charge in [-0.05, 0) is 24.7 Å². The van der Waals surface area contributed by atoms with Crippen LogP contribution in [0.3, 0.4) is 0 Å². The molecule has 0 aliphatic carbocycles. The third-order valence-corrected chi connectivity index (χ3v) is 3.87. The maximum Gasteiger partial charge on any atom is 0.0773 e. The number of hydrogen-bond acceptors (Lipinski definition) is 2. The van der Waals surface area contributed by atoms with E-state index in [0.717, 1.165) is 27.3 Å². The second-order valence-corrected chi connectivity index (χ2v) is 5.27. The summed E-state index contributed by atoms with van der Waals surface area (Å²) >= 11 is 9.90. The fourth-order valence-electron chi connectivity index (χ4n) is 2.01. The van der Waals surface area contributed by atoms with Gasteiger partial charge in [0.15, 0.2) is 0 Å². The number of benzene rings is 1. The number of nitrogens with one attached hydrogen (secondary N) is 1.